The fraction of sp³-hybridized carbons (Fsp3) is 0.120. The Bertz CT molecular complexity index is 1420. The Hall–Kier alpha value is -4.39. The first-order valence-electron chi connectivity index (χ1n) is 10.8. The van der Waals surface area contributed by atoms with Gasteiger partial charge in [0.25, 0.3) is 5.91 Å². The van der Waals surface area contributed by atoms with E-state index in [-0.39, 0.29) is 29.3 Å². The zero-order valence-corrected chi connectivity index (χ0v) is 20.2. The summed E-state index contributed by atoms with van der Waals surface area (Å²) in [6.07, 6.45) is 0.145. The third-order valence-electron chi connectivity index (χ3n) is 5.14. The number of aromatic carboxylic acids is 2. The Morgan fingerprint density at radius 1 is 0.842 bits per heavy atom. The van der Waals surface area contributed by atoms with Crippen LogP contribution in [-0.2, 0) is 4.79 Å². The molecule has 2 amide bonds. The van der Waals surface area contributed by atoms with Crippen molar-refractivity contribution in [2.75, 3.05) is 10.6 Å². The van der Waals surface area contributed by atoms with Crippen LogP contribution < -0.4 is 10.6 Å². The molecule has 0 aliphatic rings. The van der Waals surface area contributed by atoms with E-state index in [1.54, 1.807) is 13.0 Å². The Balaban J connectivity index is 1.78. The molecule has 0 saturated carbocycles. The van der Waals surface area contributed by atoms with Crippen LogP contribution in [-0.4, -0.2) is 39.2 Å². The number of halogens is 4. The Morgan fingerprint density at radius 3 is 2.08 bits per heavy atom. The number of thioether (sulfide) groups is 1. The molecule has 0 saturated heterocycles. The van der Waals surface area contributed by atoms with Crippen LogP contribution in [0.3, 0.4) is 0 Å². The highest BCUT2D eigenvalue weighted by molar-refractivity contribution is 8.00. The van der Waals surface area contributed by atoms with Gasteiger partial charge < -0.3 is 20.8 Å². The van der Waals surface area contributed by atoms with Crippen molar-refractivity contribution >= 4 is 46.9 Å². The number of carboxylic acid groups (broad SMARTS) is 2. The summed E-state index contributed by atoms with van der Waals surface area (Å²) < 4.78 is 54.8. The van der Waals surface area contributed by atoms with Gasteiger partial charge in [-0.05, 0) is 42.8 Å². The van der Waals surface area contributed by atoms with Crippen molar-refractivity contribution in [2.24, 2.45) is 0 Å². The standard InChI is InChI=1S/C25H18F4N2O6S/c1-2-18(23(33)31-21-19(28)16(26)10-17(27)20(21)29)38-13-5-3-4-12(9-13)30-22(32)14-7-6-11(24(34)35)8-15(14)25(36)37/h3-10,18H,2H2,1H3,(H,30,32)(H,31,33)(H,34,35)(H,36,37). The second-order valence-corrected chi connectivity index (χ2v) is 8.98. The van der Waals surface area contributed by atoms with Crippen molar-refractivity contribution in [3.63, 3.8) is 0 Å². The molecule has 0 aromatic heterocycles. The van der Waals surface area contributed by atoms with E-state index >= 15 is 0 Å². The third-order valence-corrected chi connectivity index (χ3v) is 6.49. The molecule has 1 atom stereocenters. The van der Waals surface area contributed by atoms with E-state index in [0.717, 1.165) is 30.0 Å². The molecule has 13 heteroatoms. The predicted molar refractivity (Wildman–Crippen MR) is 130 cm³/mol. The molecule has 8 nitrogen and oxygen atoms in total. The van der Waals surface area contributed by atoms with Gasteiger partial charge in [0.1, 0.15) is 5.69 Å². The average Bonchev–Trinajstić information content (AvgIpc) is 2.88. The largest absolute Gasteiger partial charge is 0.478 e. The summed E-state index contributed by atoms with van der Waals surface area (Å²) in [6, 6.07) is 8.99. The van der Waals surface area contributed by atoms with Crippen LogP contribution in [0, 0.1) is 23.3 Å². The minimum atomic E-state index is -1.75. The van der Waals surface area contributed by atoms with E-state index in [1.165, 1.54) is 18.2 Å². The lowest BCUT2D eigenvalue weighted by Gasteiger charge is -2.16. The second kappa shape index (κ2) is 11.8. The third kappa shape index (κ3) is 6.29. The first kappa shape index (κ1) is 28.2. The lowest BCUT2D eigenvalue weighted by molar-refractivity contribution is -0.115. The minimum Gasteiger partial charge on any atom is -0.478 e. The Labute approximate surface area is 216 Å². The molecule has 0 bridgehead atoms. The van der Waals surface area contributed by atoms with Crippen molar-refractivity contribution in [1.29, 1.82) is 0 Å². The summed E-state index contributed by atoms with van der Waals surface area (Å²) in [7, 11) is 0. The van der Waals surface area contributed by atoms with Crippen molar-refractivity contribution in [3.8, 4) is 0 Å². The number of nitrogens with one attached hydrogen (secondary N) is 2. The van der Waals surface area contributed by atoms with Gasteiger partial charge in [-0.15, -0.1) is 11.8 Å². The molecule has 0 aliphatic heterocycles. The fourth-order valence-corrected chi connectivity index (χ4v) is 4.28. The molecule has 0 aliphatic carbocycles. The molecule has 0 radical (unpaired) electrons. The Kier molecular flexibility index (Phi) is 8.73. The van der Waals surface area contributed by atoms with Crippen LogP contribution in [0.4, 0.5) is 28.9 Å². The van der Waals surface area contributed by atoms with E-state index in [2.05, 4.69) is 5.32 Å². The van der Waals surface area contributed by atoms with Crippen molar-refractivity contribution in [3.05, 3.63) is 88.5 Å². The second-order valence-electron chi connectivity index (χ2n) is 7.70. The monoisotopic (exact) mass is 550 g/mol. The normalized spacial score (nSPS) is 11.5. The van der Waals surface area contributed by atoms with Crippen LogP contribution in [0.1, 0.15) is 44.4 Å². The van der Waals surface area contributed by atoms with Crippen molar-refractivity contribution in [2.45, 2.75) is 23.5 Å². The maximum atomic E-state index is 13.9. The number of carbonyl (C=O) groups excluding carboxylic acids is 2. The number of carboxylic acids is 2. The molecule has 3 aromatic rings. The fourth-order valence-electron chi connectivity index (χ4n) is 3.27. The van der Waals surface area contributed by atoms with Crippen molar-refractivity contribution in [1.82, 2.24) is 0 Å². The van der Waals surface area contributed by atoms with Crippen LogP contribution in [0.15, 0.2) is 53.4 Å². The molecule has 0 heterocycles. The smallest absolute Gasteiger partial charge is 0.336 e. The number of anilines is 2. The van der Waals surface area contributed by atoms with E-state index in [9.17, 15) is 41.8 Å². The van der Waals surface area contributed by atoms with Gasteiger partial charge in [0.2, 0.25) is 5.91 Å². The quantitative estimate of drug-likeness (QED) is 0.159. The molecule has 1 unspecified atom stereocenters. The number of carbonyl (C=O) groups is 4. The number of amides is 2. The molecule has 3 rings (SSSR count). The van der Waals surface area contributed by atoms with Gasteiger partial charge in [0, 0.05) is 16.6 Å². The molecule has 0 fully saturated rings. The summed E-state index contributed by atoms with van der Waals surface area (Å²) >= 11 is 0.931. The molecular weight excluding hydrogens is 532 g/mol. The topological polar surface area (TPSA) is 133 Å². The SMILES string of the molecule is CCC(Sc1cccc(NC(=O)c2ccc(C(=O)O)cc2C(=O)O)c1)C(=O)Nc1c(F)c(F)cc(F)c1F. The molecule has 4 N–H and O–H groups in total. The zero-order valence-electron chi connectivity index (χ0n) is 19.4. The van der Waals surface area contributed by atoms with E-state index < -0.39 is 63.5 Å². The van der Waals surface area contributed by atoms with Gasteiger partial charge in [-0.3, -0.25) is 9.59 Å². The molecular formula is C25H18F4N2O6S. The lowest BCUT2D eigenvalue weighted by Crippen LogP contribution is -2.26. The molecule has 198 valence electrons. The van der Waals surface area contributed by atoms with Crippen LogP contribution in [0.5, 0.6) is 0 Å². The number of hydrogen-bond acceptors (Lipinski definition) is 5. The van der Waals surface area contributed by atoms with Crippen molar-refractivity contribution < 1.29 is 47.0 Å². The summed E-state index contributed by atoms with van der Waals surface area (Å²) in [5.41, 5.74) is -2.20. The van der Waals surface area contributed by atoms with Crippen LogP contribution >= 0.6 is 11.8 Å². The first-order chi connectivity index (χ1) is 17.9. The maximum Gasteiger partial charge on any atom is 0.336 e. The lowest BCUT2D eigenvalue weighted by atomic mass is 10.0. The zero-order chi connectivity index (χ0) is 28.1. The van der Waals surface area contributed by atoms with E-state index in [1.807, 2.05) is 5.32 Å². The van der Waals surface area contributed by atoms with Gasteiger partial charge in [-0.1, -0.05) is 13.0 Å². The van der Waals surface area contributed by atoms with E-state index in [0.29, 0.717) is 4.90 Å². The minimum absolute atomic E-state index is 0.0199. The summed E-state index contributed by atoms with van der Waals surface area (Å²) in [5.74, 6) is -11.5. The van der Waals surface area contributed by atoms with Gasteiger partial charge in [-0.2, -0.15) is 0 Å². The highest BCUT2D eigenvalue weighted by Crippen LogP contribution is 2.30. The van der Waals surface area contributed by atoms with Gasteiger partial charge in [0.05, 0.1) is 21.9 Å². The van der Waals surface area contributed by atoms with E-state index in [4.69, 9.17) is 5.11 Å². The number of hydrogen-bond donors (Lipinski definition) is 4. The molecule has 0 spiro atoms. The first-order valence-corrected chi connectivity index (χ1v) is 11.6. The predicted octanol–water partition coefficient (Wildman–Crippen LogP) is 5.40. The summed E-state index contributed by atoms with van der Waals surface area (Å²) in [5, 5.41) is 21.8. The summed E-state index contributed by atoms with van der Waals surface area (Å²) in [6.45, 7) is 1.59. The number of benzene rings is 3. The maximum absolute atomic E-state index is 13.9. The Morgan fingerprint density at radius 2 is 1.50 bits per heavy atom. The summed E-state index contributed by atoms with van der Waals surface area (Å²) in [4.78, 5) is 48.4. The molecule has 38 heavy (non-hydrogen) atoms. The number of rotatable bonds is 9. The van der Waals surface area contributed by atoms with Gasteiger partial charge in [0.15, 0.2) is 23.3 Å². The molecule has 3 aromatic carbocycles. The highest BCUT2D eigenvalue weighted by Gasteiger charge is 2.25. The van der Waals surface area contributed by atoms with Crippen LogP contribution in [0.25, 0.3) is 0 Å². The highest BCUT2D eigenvalue weighted by atomic mass is 32.2. The average molecular weight is 550 g/mol. The van der Waals surface area contributed by atoms with Crippen LogP contribution in [0.2, 0.25) is 0 Å². The van der Waals surface area contributed by atoms with Gasteiger partial charge >= 0.3 is 11.9 Å². The van der Waals surface area contributed by atoms with Gasteiger partial charge in [-0.25, -0.2) is 27.2 Å².